The lowest BCUT2D eigenvalue weighted by Crippen LogP contribution is -2.51. The molecule has 1 atom stereocenters. The average molecular weight is 308 g/mol. The van der Waals surface area contributed by atoms with Crippen LogP contribution in [0.15, 0.2) is 24.3 Å². The normalized spacial score (nSPS) is 12.4. The molecule has 0 spiro atoms. The lowest BCUT2D eigenvalue weighted by atomic mass is 10.0. The lowest BCUT2D eigenvalue weighted by molar-refractivity contribution is -0.133. The summed E-state index contributed by atoms with van der Waals surface area (Å²) in [5, 5.41) is 2.66. The Kier molecular flexibility index (Phi) is 6.53. The maximum absolute atomic E-state index is 13.7. The Morgan fingerprint density at radius 1 is 1.18 bits per heavy atom. The molecule has 122 valence electrons. The van der Waals surface area contributed by atoms with Gasteiger partial charge in [0.25, 0.3) is 5.91 Å². The first kappa shape index (κ1) is 18.1. The van der Waals surface area contributed by atoms with Crippen LogP contribution in [0.25, 0.3) is 0 Å². The molecule has 0 aliphatic rings. The van der Waals surface area contributed by atoms with Gasteiger partial charge in [0.1, 0.15) is 11.9 Å². The van der Waals surface area contributed by atoms with Crippen molar-refractivity contribution in [2.45, 2.75) is 33.7 Å². The smallest absolute Gasteiger partial charge is 0.254 e. The van der Waals surface area contributed by atoms with Crippen LogP contribution in [0.4, 0.5) is 4.39 Å². The molecule has 22 heavy (non-hydrogen) atoms. The zero-order valence-corrected chi connectivity index (χ0v) is 13.9. The Morgan fingerprint density at radius 3 is 2.27 bits per heavy atom. The van der Waals surface area contributed by atoms with E-state index in [1.54, 1.807) is 18.0 Å². The molecule has 0 heterocycles. The van der Waals surface area contributed by atoms with Crippen LogP contribution in [0, 0.1) is 17.7 Å². The van der Waals surface area contributed by atoms with Crippen LogP contribution in [0.1, 0.15) is 38.1 Å². The third-order valence-corrected chi connectivity index (χ3v) is 3.35. The second-order valence-corrected chi connectivity index (χ2v) is 6.29. The van der Waals surface area contributed by atoms with Crippen molar-refractivity contribution >= 4 is 11.8 Å². The van der Waals surface area contributed by atoms with E-state index in [1.165, 1.54) is 18.2 Å². The first-order valence-corrected chi connectivity index (χ1v) is 7.54. The molecular formula is C17H25FN2O2. The molecule has 0 fully saturated rings. The molecule has 0 bridgehead atoms. The fourth-order valence-corrected chi connectivity index (χ4v) is 2.25. The van der Waals surface area contributed by atoms with E-state index in [2.05, 4.69) is 5.32 Å². The van der Waals surface area contributed by atoms with Gasteiger partial charge in [-0.2, -0.15) is 0 Å². The molecule has 1 aromatic carbocycles. The summed E-state index contributed by atoms with van der Waals surface area (Å²) in [4.78, 5) is 26.3. The van der Waals surface area contributed by atoms with Gasteiger partial charge >= 0.3 is 0 Å². The number of likely N-dealkylation sites (N-methyl/N-ethyl adjacent to an activating group) is 1. The quantitative estimate of drug-likeness (QED) is 0.878. The van der Waals surface area contributed by atoms with Crippen LogP contribution < -0.4 is 5.32 Å². The van der Waals surface area contributed by atoms with E-state index in [-0.39, 0.29) is 17.4 Å². The number of hydrogen-bond donors (Lipinski definition) is 1. The van der Waals surface area contributed by atoms with E-state index in [0.29, 0.717) is 12.5 Å². The minimum atomic E-state index is -0.671. The molecule has 1 rings (SSSR count). The minimum Gasteiger partial charge on any atom is -0.344 e. The number of nitrogens with zero attached hydrogens (tertiary/aromatic N) is 1. The van der Waals surface area contributed by atoms with Crippen LogP contribution >= 0.6 is 0 Å². The Balaban J connectivity index is 2.87. The molecule has 1 unspecified atom stereocenters. The summed E-state index contributed by atoms with van der Waals surface area (Å²) in [5.74, 6) is -1.07. The summed E-state index contributed by atoms with van der Waals surface area (Å²) in [7, 11) is 1.72. The highest BCUT2D eigenvalue weighted by Gasteiger charge is 2.28. The first-order chi connectivity index (χ1) is 10.2. The van der Waals surface area contributed by atoms with Crippen molar-refractivity contribution in [2.75, 3.05) is 13.6 Å². The molecule has 0 saturated carbocycles. The SMILES string of the molecule is CC(C)CN(C)C(=O)C(NC(=O)c1ccccc1F)C(C)C. The maximum Gasteiger partial charge on any atom is 0.254 e. The van der Waals surface area contributed by atoms with Gasteiger partial charge in [0.05, 0.1) is 5.56 Å². The number of benzene rings is 1. The highest BCUT2D eigenvalue weighted by atomic mass is 19.1. The van der Waals surface area contributed by atoms with E-state index >= 15 is 0 Å². The van der Waals surface area contributed by atoms with Crippen LogP contribution in [0.5, 0.6) is 0 Å². The van der Waals surface area contributed by atoms with Gasteiger partial charge in [-0.3, -0.25) is 9.59 Å². The van der Waals surface area contributed by atoms with Crippen molar-refractivity contribution in [1.82, 2.24) is 10.2 Å². The van der Waals surface area contributed by atoms with Gasteiger partial charge in [-0.05, 0) is 24.0 Å². The van der Waals surface area contributed by atoms with Crippen molar-refractivity contribution in [3.05, 3.63) is 35.6 Å². The van der Waals surface area contributed by atoms with Crippen molar-refractivity contribution in [3.8, 4) is 0 Å². The number of hydrogen-bond acceptors (Lipinski definition) is 2. The molecule has 0 aliphatic carbocycles. The second kappa shape index (κ2) is 7.92. The number of halogens is 1. The topological polar surface area (TPSA) is 49.4 Å². The second-order valence-electron chi connectivity index (χ2n) is 6.29. The molecule has 0 saturated heterocycles. The van der Waals surface area contributed by atoms with Crippen molar-refractivity contribution in [3.63, 3.8) is 0 Å². The fourth-order valence-electron chi connectivity index (χ4n) is 2.25. The molecule has 1 N–H and O–H groups in total. The highest BCUT2D eigenvalue weighted by molar-refractivity contribution is 5.97. The van der Waals surface area contributed by atoms with E-state index in [0.717, 1.165) is 0 Å². The predicted octanol–water partition coefficient (Wildman–Crippen LogP) is 2.69. The van der Waals surface area contributed by atoms with Gasteiger partial charge in [0.15, 0.2) is 0 Å². The van der Waals surface area contributed by atoms with Gasteiger partial charge < -0.3 is 10.2 Å². The van der Waals surface area contributed by atoms with Gasteiger partial charge in [0.2, 0.25) is 5.91 Å². The number of nitrogens with one attached hydrogen (secondary N) is 1. The standard InChI is InChI=1S/C17H25FN2O2/c1-11(2)10-20(5)17(22)15(12(3)4)19-16(21)13-8-6-7-9-14(13)18/h6-9,11-12,15H,10H2,1-5H3,(H,19,21). The molecule has 2 amide bonds. The summed E-state index contributed by atoms with van der Waals surface area (Å²) >= 11 is 0. The first-order valence-electron chi connectivity index (χ1n) is 7.54. The Morgan fingerprint density at radius 2 is 1.77 bits per heavy atom. The van der Waals surface area contributed by atoms with Gasteiger partial charge in [0, 0.05) is 13.6 Å². The molecule has 0 aromatic heterocycles. The lowest BCUT2D eigenvalue weighted by Gasteiger charge is -2.28. The zero-order valence-electron chi connectivity index (χ0n) is 13.9. The molecular weight excluding hydrogens is 283 g/mol. The molecule has 0 aliphatic heterocycles. The predicted molar refractivity (Wildman–Crippen MR) is 85.0 cm³/mol. The van der Waals surface area contributed by atoms with Crippen LogP contribution in [-0.4, -0.2) is 36.3 Å². The third-order valence-electron chi connectivity index (χ3n) is 3.35. The summed E-state index contributed by atoms with van der Waals surface area (Å²) in [6, 6.07) is 5.08. The van der Waals surface area contributed by atoms with Crippen molar-refractivity contribution in [2.24, 2.45) is 11.8 Å². The number of carbonyl (C=O) groups is 2. The number of rotatable bonds is 6. The van der Waals surface area contributed by atoms with Gasteiger partial charge in [-0.15, -0.1) is 0 Å². The van der Waals surface area contributed by atoms with Crippen molar-refractivity contribution < 1.29 is 14.0 Å². The minimum absolute atomic E-state index is 0.0486. The number of amides is 2. The van der Waals surface area contributed by atoms with Gasteiger partial charge in [-0.1, -0.05) is 39.8 Å². The molecule has 4 nitrogen and oxygen atoms in total. The van der Waals surface area contributed by atoms with Crippen LogP contribution in [0.3, 0.4) is 0 Å². The average Bonchev–Trinajstić information content (AvgIpc) is 2.43. The molecule has 5 heteroatoms. The van der Waals surface area contributed by atoms with E-state index < -0.39 is 17.8 Å². The summed E-state index contributed by atoms with van der Waals surface area (Å²) in [6.45, 7) is 8.36. The Labute approximate surface area is 131 Å². The van der Waals surface area contributed by atoms with E-state index in [9.17, 15) is 14.0 Å². The molecule has 0 radical (unpaired) electrons. The highest BCUT2D eigenvalue weighted by Crippen LogP contribution is 2.11. The molecule has 1 aromatic rings. The maximum atomic E-state index is 13.7. The van der Waals surface area contributed by atoms with Gasteiger partial charge in [-0.25, -0.2) is 4.39 Å². The number of carbonyl (C=O) groups excluding carboxylic acids is 2. The fraction of sp³-hybridized carbons (Fsp3) is 0.529. The monoisotopic (exact) mass is 308 g/mol. The van der Waals surface area contributed by atoms with Crippen LogP contribution in [0.2, 0.25) is 0 Å². The van der Waals surface area contributed by atoms with E-state index in [1.807, 2.05) is 27.7 Å². The largest absolute Gasteiger partial charge is 0.344 e. The Bertz CT molecular complexity index is 529. The summed E-state index contributed by atoms with van der Waals surface area (Å²) in [6.07, 6.45) is 0. The van der Waals surface area contributed by atoms with Crippen LogP contribution in [-0.2, 0) is 4.79 Å². The third kappa shape index (κ3) is 4.83. The van der Waals surface area contributed by atoms with Crippen molar-refractivity contribution in [1.29, 1.82) is 0 Å². The van der Waals surface area contributed by atoms with E-state index in [4.69, 9.17) is 0 Å². The summed E-state index contributed by atoms with van der Waals surface area (Å²) in [5.41, 5.74) is -0.0486. The Hall–Kier alpha value is -1.91. The zero-order chi connectivity index (χ0) is 16.9. The summed E-state index contributed by atoms with van der Waals surface area (Å²) < 4.78 is 13.7.